The molecule has 4 heteroatoms. The lowest BCUT2D eigenvalue weighted by Crippen LogP contribution is -2.37. The minimum Gasteiger partial charge on any atom is -0.371 e. The van der Waals surface area contributed by atoms with Crippen molar-refractivity contribution >= 4 is 21.6 Å². The number of nitrogens with zero attached hydrogens (tertiary/aromatic N) is 2. The molecule has 1 saturated carbocycles. The molecule has 1 aromatic rings. The van der Waals surface area contributed by atoms with E-state index in [9.17, 15) is 0 Å². The van der Waals surface area contributed by atoms with Gasteiger partial charge in [0.2, 0.25) is 0 Å². The molecule has 1 aliphatic rings. The van der Waals surface area contributed by atoms with Gasteiger partial charge >= 0.3 is 0 Å². The normalized spacial score (nSPS) is 22.8. The monoisotopic (exact) mass is 307 g/mol. The van der Waals surface area contributed by atoms with Gasteiger partial charge < -0.3 is 10.6 Å². The molecule has 1 aromatic carbocycles. The second kappa shape index (κ2) is 5.73. The van der Waals surface area contributed by atoms with Crippen LogP contribution in [0.4, 0.5) is 5.69 Å². The number of hydrogen-bond donors (Lipinski definition) is 1. The summed E-state index contributed by atoms with van der Waals surface area (Å²) in [6.45, 7) is 0.756. The van der Waals surface area contributed by atoms with Crippen molar-refractivity contribution in [2.75, 3.05) is 18.5 Å². The largest absolute Gasteiger partial charge is 0.371 e. The maximum atomic E-state index is 8.93. The molecule has 2 rings (SSSR count). The molecule has 0 aliphatic heterocycles. The van der Waals surface area contributed by atoms with Gasteiger partial charge in [0.15, 0.2) is 0 Å². The number of halogens is 1. The highest BCUT2D eigenvalue weighted by molar-refractivity contribution is 9.10. The molecular weight excluding hydrogens is 290 g/mol. The van der Waals surface area contributed by atoms with Crippen LogP contribution >= 0.6 is 15.9 Å². The topological polar surface area (TPSA) is 53.0 Å². The van der Waals surface area contributed by atoms with Gasteiger partial charge in [-0.15, -0.1) is 0 Å². The first-order valence-corrected chi connectivity index (χ1v) is 7.09. The van der Waals surface area contributed by atoms with Gasteiger partial charge in [0, 0.05) is 23.2 Å². The number of nitrogens with two attached hydrogens (primary N) is 1. The number of rotatable bonds is 3. The van der Waals surface area contributed by atoms with Gasteiger partial charge in [-0.1, -0.05) is 6.42 Å². The molecule has 1 aliphatic carbocycles. The molecular formula is C14H18BrN3. The van der Waals surface area contributed by atoms with Crippen molar-refractivity contribution in [2.24, 2.45) is 11.7 Å². The molecule has 2 unspecified atom stereocenters. The van der Waals surface area contributed by atoms with E-state index in [1.54, 1.807) is 0 Å². The van der Waals surface area contributed by atoms with E-state index in [0.717, 1.165) is 16.7 Å². The molecule has 0 saturated heterocycles. The fourth-order valence-corrected chi connectivity index (χ4v) is 3.26. The lowest BCUT2D eigenvalue weighted by molar-refractivity contribution is 0.474. The molecule has 0 radical (unpaired) electrons. The third kappa shape index (κ3) is 2.52. The van der Waals surface area contributed by atoms with E-state index in [2.05, 4.69) is 33.9 Å². The van der Waals surface area contributed by atoms with E-state index in [4.69, 9.17) is 11.0 Å². The average molecular weight is 308 g/mol. The second-order valence-electron chi connectivity index (χ2n) is 4.88. The minimum absolute atomic E-state index is 0.523. The Morgan fingerprint density at radius 3 is 2.89 bits per heavy atom. The van der Waals surface area contributed by atoms with Gasteiger partial charge in [-0.3, -0.25) is 0 Å². The molecule has 1 fully saturated rings. The van der Waals surface area contributed by atoms with Crippen LogP contribution in [0.1, 0.15) is 24.8 Å². The molecule has 0 amide bonds. The Kier molecular flexibility index (Phi) is 4.26. The van der Waals surface area contributed by atoms with Crippen molar-refractivity contribution in [1.82, 2.24) is 0 Å². The fraction of sp³-hybridized carbons (Fsp3) is 0.500. The number of hydrogen-bond acceptors (Lipinski definition) is 3. The molecule has 2 atom stereocenters. The van der Waals surface area contributed by atoms with Gasteiger partial charge in [0.1, 0.15) is 6.07 Å². The Morgan fingerprint density at radius 2 is 2.28 bits per heavy atom. The zero-order chi connectivity index (χ0) is 13.1. The van der Waals surface area contributed by atoms with Gasteiger partial charge in [-0.05, 0) is 59.4 Å². The summed E-state index contributed by atoms with van der Waals surface area (Å²) in [6, 6.07) is 8.58. The maximum absolute atomic E-state index is 8.93. The molecule has 0 bridgehead atoms. The van der Waals surface area contributed by atoms with Crippen LogP contribution in [0.25, 0.3) is 0 Å². The predicted octanol–water partition coefficient (Wildman–Crippen LogP) is 2.88. The number of anilines is 1. The molecule has 18 heavy (non-hydrogen) atoms. The molecule has 3 nitrogen and oxygen atoms in total. The number of benzene rings is 1. The van der Waals surface area contributed by atoms with E-state index < -0.39 is 0 Å². The lowest BCUT2D eigenvalue weighted by atomic mass is 10.0. The van der Waals surface area contributed by atoms with Crippen molar-refractivity contribution in [3.8, 4) is 6.07 Å². The quantitative estimate of drug-likeness (QED) is 0.934. The predicted molar refractivity (Wildman–Crippen MR) is 77.4 cm³/mol. The Hall–Kier alpha value is -1.05. The second-order valence-corrected chi connectivity index (χ2v) is 5.74. The van der Waals surface area contributed by atoms with Crippen molar-refractivity contribution in [2.45, 2.75) is 25.3 Å². The van der Waals surface area contributed by atoms with Crippen molar-refractivity contribution in [3.05, 3.63) is 28.2 Å². The summed E-state index contributed by atoms with van der Waals surface area (Å²) in [5, 5.41) is 8.93. The Balaban J connectivity index is 2.21. The third-order valence-corrected chi connectivity index (χ3v) is 4.56. The summed E-state index contributed by atoms with van der Waals surface area (Å²) >= 11 is 3.44. The van der Waals surface area contributed by atoms with Crippen LogP contribution in [0.2, 0.25) is 0 Å². The third-order valence-electron chi connectivity index (χ3n) is 3.90. The Morgan fingerprint density at radius 1 is 1.50 bits per heavy atom. The summed E-state index contributed by atoms with van der Waals surface area (Å²) in [4.78, 5) is 2.30. The highest BCUT2D eigenvalue weighted by Crippen LogP contribution is 2.33. The first-order valence-electron chi connectivity index (χ1n) is 6.30. The molecule has 96 valence electrons. The Labute approximate surface area is 117 Å². The first-order chi connectivity index (χ1) is 8.67. The zero-order valence-electron chi connectivity index (χ0n) is 10.6. The molecule has 2 N–H and O–H groups in total. The van der Waals surface area contributed by atoms with Gasteiger partial charge in [-0.2, -0.15) is 5.26 Å². The SMILES string of the molecule is CN(c1ccc(C#N)c(Br)c1)C1CCCC1CN. The van der Waals surface area contributed by atoms with Crippen LogP contribution in [0.3, 0.4) is 0 Å². The average Bonchev–Trinajstić information content (AvgIpc) is 2.86. The summed E-state index contributed by atoms with van der Waals surface area (Å²) in [5.74, 6) is 0.587. The summed E-state index contributed by atoms with van der Waals surface area (Å²) in [7, 11) is 2.12. The first kappa shape index (κ1) is 13.4. The van der Waals surface area contributed by atoms with Crippen LogP contribution in [0.15, 0.2) is 22.7 Å². The molecule has 0 spiro atoms. The molecule has 0 heterocycles. The van der Waals surface area contributed by atoms with Gasteiger partial charge in [0.25, 0.3) is 0 Å². The Bertz CT molecular complexity index is 467. The van der Waals surface area contributed by atoms with E-state index >= 15 is 0 Å². The highest BCUT2D eigenvalue weighted by atomic mass is 79.9. The summed E-state index contributed by atoms with van der Waals surface area (Å²) in [5.41, 5.74) is 7.66. The smallest absolute Gasteiger partial charge is 0.100 e. The summed E-state index contributed by atoms with van der Waals surface area (Å²) in [6.07, 6.45) is 3.69. The zero-order valence-corrected chi connectivity index (χ0v) is 12.2. The maximum Gasteiger partial charge on any atom is 0.100 e. The lowest BCUT2D eigenvalue weighted by Gasteiger charge is -2.31. The standard InChI is InChI=1S/C14H18BrN3/c1-18(14-4-2-3-11(14)9-17)12-6-5-10(8-16)13(15)7-12/h5-7,11,14H,2-4,9,17H2,1H3. The van der Waals surface area contributed by atoms with Crippen LogP contribution in [-0.4, -0.2) is 19.6 Å². The van der Waals surface area contributed by atoms with Gasteiger partial charge in [-0.25, -0.2) is 0 Å². The van der Waals surface area contributed by atoms with Crippen LogP contribution in [0, 0.1) is 17.2 Å². The van der Waals surface area contributed by atoms with Crippen LogP contribution in [0.5, 0.6) is 0 Å². The number of nitriles is 1. The van der Waals surface area contributed by atoms with Crippen molar-refractivity contribution in [1.29, 1.82) is 5.26 Å². The van der Waals surface area contributed by atoms with Crippen LogP contribution in [-0.2, 0) is 0 Å². The highest BCUT2D eigenvalue weighted by Gasteiger charge is 2.29. The summed E-state index contributed by atoms with van der Waals surface area (Å²) < 4.78 is 0.858. The van der Waals surface area contributed by atoms with Gasteiger partial charge in [0.05, 0.1) is 5.56 Å². The van der Waals surface area contributed by atoms with Crippen LogP contribution < -0.4 is 10.6 Å². The van der Waals surface area contributed by atoms with E-state index in [1.165, 1.54) is 19.3 Å². The molecule has 0 aromatic heterocycles. The minimum atomic E-state index is 0.523. The van der Waals surface area contributed by atoms with Crippen molar-refractivity contribution < 1.29 is 0 Å². The van der Waals surface area contributed by atoms with E-state index in [0.29, 0.717) is 17.5 Å². The van der Waals surface area contributed by atoms with E-state index in [1.807, 2.05) is 18.2 Å². The van der Waals surface area contributed by atoms with E-state index in [-0.39, 0.29) is 0 Å². The van der Waals surface area contributed by atoms with Crippen molar-refractivity contribution in [3.63, 3.8) is 0 Å². The fourth-order valence-electron chi connectivity index (χ4n) is 2.81.